The van der Waals surface area contributed by atoms with Gasteiger partial charge in [0.25, 0.3) is 0 Å². The average molecular weight is 393 g/mol. The number of aromatic nitrogens is 2. The molecule has 0 amide bonds. The normalized spacial score (nSPS) is 17.9. The van der Waals surface area contributed by atoms with E-state index >= 15 is 0 Å². The summed E-state index contributed by atoms with van der Waals surface area (Å²) in [4.78, 5) is 4.71. The summed E-state index contributed by atoms with van der Waals surface area (Å²) in [6.45, 7) is 0. The number of nitrogen functional groups attached to an aromatic ring is 1. The Morgan fingerprint density at radius 2 is 2.00 bits per heavy atom. The van der Waals surface area contributed by atoms with Gasteiger partial charge >= 0.3 is 6.18 Å². The average Bonchev–Trinajstić information content (AvgIpc) is 2.90. The van der Waals surface area contributed by atoms with Crippen LogP contribution in [0.4, 0.5) is 34.9 Å². The highest BCUT2D eigenvalue weighted by atomic mass is 79.9. The summed E-state index contributed by atoms with van der Waals surface area (Å²) < 4.78 is 54.4. The summed E-state index contributed by atoms with van der Waals surface area (Å²) in [5, 5.41) is 10.1. The zero-order chi connectivity index (χ0) is 16.9. The second kappa shape index (κ2) is 5.24. The van der Waals surface area contributed by atoms with Gasteiger partial charge in [-0.05, 0) is 34.1 Å². The van der Waals surface area contributed by atoms with Crippen LogP contribution in [0.1, 0.15) is 0 Å². The molecule has 5 nitrogen and oxygen atoms in total. The molecule has 3 N–H and O–H groups in total. The van der Waals surface area contributed by atoms with Gasteiger partial charge in [-0.3, -0.25) is 9.47 Å². The monoisotopic (exact) mass is 392 g/mol. The first kappa shape index (κ1) is 15.8. The molecule has 23 heavy (non-hydrogen) atoms. The van der Waals surface area contributed by atoms with E-state index in [1.54, 1.807) is 0 Å². The van der Waals surface area contributed by atoms with Crippen molar-refractivity contribution in [3.63, 3.8) is 0 Å². The van der Waals surface area contributed by atoms with Crippen LogP contribution >= 0.6 is 15.9 Å². The molecule has 0 fully saturated rings. The van der Waals surface area contributed by atoms with Crippen LogP contribution in [-0.4, -0.2) is 27.1 Å². The predicted molar refractivity (Wildman–Crippen MR) is 79.2 cm³/mol. The molecule has 2 aromatic rings. The number of allylic oxidation sites excluding steroid dienone is 1. The first-order valence-corrected chi connectivity index (χ1v) is 7.04. The number of fused-ring (bicyclic) bond motifs is 1. The highest BCUT2D eigenvalue weighted by Crippen LogP contribution is 2.41. The van der Waals surface area contributed by atoms with E-state index in [-0.39, 0.29) is 17.3 Å². The smallest absolute Gasteiger partial charge is 0.398 e. The third-order valence-corrected chi connectivity index (χ3v) is 3.97. The van der Waals surface area contributed by atoms with Crippen molar-refractivity contribution in [2.75, 3.05) is 10.6 Å². The highest BCUT2D eigenvalue weighted by Gasteiger charge is 2.41. The molecule has 1 unspecified atom stereocenters. The lowest BCUT2D eigenvalue weighted by atomic mass is 10.2. The molecule has 0 aliphatic carbocycles. The van der Waals surface area contributed by atoms with Crippen molar-refractivity contribution in [1.82, 2.24) is 9.55 Å². The Morgan fingerprint density at radius 3 is 2.65 bits per heavy atom. The third-order valence-electron chi connectivity index (χ3n) is 3.28. The molecule has 1 atom stereocenters. The van der Waals surface area contributed by atoms with Gasteiger partial charge in [-0.1, -0.05) is 0 Å². The number of nitrogens with two attached hydrogens (primary N) is 1. The number of benzene rings is 1. The first-order valence-electron chi connectivity index (χ1n) is 6.24. The summed E-state index contributed by atoms with van der Waals surface area (Å²) in [5.41, 5.74) is 4.56. The van der Waals surface area contributed by atoms with E-state index in [1.165, 1.54) is 6.07 Å². The maximum atomic E-state index is 14.2. The van der Waals surface area contributed by atoms with Crippen LogP contribution in [0.3, 0.4) is 0 Å². The summed E-state index contributed by atoms with van der Waals surface area (Å²) in [6, 6.07) is 2.27. The number of rotatable bonds is 1. The molecule has 10 heteroatoms. The number of imidazole rings is 1. The summed E-state index contributed by atoms with van der Waals surface area (Å²) in [6.07, 6.45) is -3.67. The lowest BCUT2D eigenvalue weighted by Crippen LogP contribution is -2.38. The number of anilines is 3. The van der Waals surface area contributed by atoms with E-state index in [1.807, 2.05) is 0 Å². The van der Waals surface area contributed by atoms with Crippen molar-refractivity contribution in [2.45, 2.75) is 12.4 Å². The first-order chi connectivity index (χ1) is 10.7. The van der Waals surface area contributed by atoms with Crippen molar-refractivity contribution >= 4 is 39.0 Å². The van der Waals surface area contributed by atoms with Crippen molar-refractivity contribution in [3.05, 3.63) is 40.9 Å². The van der Waals surface area contributed by atoms with E-state index in [0.29, 0.717) is 10.5 Å². The van der Waals surface area contributed by atoms with Gasteiger partial charge in [-0.15, -0.1) is 0 Å². The molecule has 0 radical (unpaired) electrons. The lowest BCUT2D eigenvalue weighted by molar-refractivity contribution is -0.0746. The van der Waals surface area contributed by atoms with E-state index in [2.05, 4.69) is 20.9 Å². The van der Waals surface area contributed by atoms with Gasteiger partial charge in [0.15, 0.2) is 6.23 Å². The molecule has 0 saturated heterocycles. The molecule has 3 rings (SSSR count). The fraction of sp³-hybridized carbons (Fsp3) is 0.154. The predicted octanol–water partition coefficient (Wildman–Crippen LogP) is 3.24. The molecule has 1 aliphatic heterocycles. The van der Waals surface area contributed by atoms with E-state index < -0.39 is 23.9 Å². The van der Waals surface area contributed by atoms with Crippen molar-refractivity contribution in [2.24, 2.45) is 0 Å². The third kappa shape index (κ3) is 2.57. The Bertz CT molecular complexity index is 802. The minimum absolute atomic E-state index is 0.164. The Kier molecular flexibility index (Phi) is 3.60. The van der Waals surface area contributed by atoms with Crippen LogP contribution in [-0.2, 0) is 0 Å². The quantitative estimate of drug-likeness (QED) is 0.577. The summed E-state index contributed by atoms with van der Waals surface area (Å²) in [5.74, 6) is -1.04. The Hall–Kier alpha value is -2.07. The minimum atomic E-state index is -4.69. The molecule has 2 heterocycles. The van der Waals surface area contributed by atoms with Crippen LogP contribution in [0.5, 0.6) is 0 Å². The summed E-state index contributed by atoms with van der Waals surface area (Å²) in [7, 11) is 0. The topological polar surface area (TPSA) is 67.3 Å². The van der Waals surface area contributed by atoms with Crippen molar-refractivity contribution in [1.29, 1.82) is 0 Å². The zero-order valence-corrected chi connectivity index (χ0v) is 12.8. The minimum Gasteiger partial charge on any atom is -0.398 e. The second-order valence-corrected chi connectivity index (χ2v) is 5.61. The maximum absolute atomic E-state index is 14.2. The van der Waals surface area contributed by atoms with Gasteiger partial charge in [-0.2, -0.15) is 13.2 Å². The van der Waals surface area contributed by atoms with Crippen LogP contribution in [0.15, 0.2) is 35.1 Å². The zero-order valence-electron chi connectivity index (χ0n) is 11.2. The van der Waals surface area contributed by atoms with E-state index in [0.717, 1.165) is 27.9 Å². The number of alkyl halides is 3. The van der Waals surface area contributed by atoms with Crippen LogP contribution in [0.2, 0.25) is 0 Å². The number of aliphatic hydroxyl groups is 1. The number of hydrogen-bond acceptors (Lipinski definition) is 4. The largest absolute Gasteiger partial charge is 0.431 e. The standard InChI is InChI=1S/C13H9BrF4N4O/c14-6-3-7(15)9(4-8(6)19)22-11(23)5-10(13(16,17)18)21-2-1-20-12(21)22/h1-5,11,23H,19H2. The molecular formula is C13H9BrF4N4O. The highest BCUT2D eigenvalue weighted by molar-refractivity contribution is 9.10. The summed E-state index contributed by atoms with van der Waals surface area (Å²) >= 11 is 3.05. The number of hydrogen-bond donors (Lipinski definition) is 2. The molecule has 122 valence electrons. The second-order valence-electron chi connectivity index (χ2n) is 4.76. The molecule has 1 aromatic heterocycles. The van der Waals surface area contributed by atoms with Crippen molar-refractivity contribution < 1.29 is 22.7 Å². The van der Waals surface area contributed by atoms with Crippen LogP contribution in [0, 0.1) is 5.82 Å². The van der Waals surface area contributed by atoms with E-state index in [4.69, 9.17) is 5.73 Å². The van der Waals surface area contributed by atoms with Crippen LogP contribution < -0.4 is 10.6 Å². The maximum Gasteiger partial charge on any atom is 0.431 e. The van der Waals surface area contributed by atoms with Gasteiger partial charge in [0.1, 0.15) is 11.5 Å². The van der Waals surface area contributed by atoms with Crippen molar-refractivity contribution in [3.8, 4) is 0 Å². The molecule has 1 aromatic carbocycles. The Balaban J connectivity index is 2.18. The van der Waals surface area contributed by atoms with Gasteiger partial charge in [0.05, 0.1) is 5.69 Å². The SMILES string of the molecule is Nc1cc(N2c3nccn3C(C(F)(F)F)=CC2O)c(F)cc1Br. The fourth-order valence-corrected chi connectivity index (χ4v) is 2.61. The van der Waals surface area contributed by atoms with Gasteiger partial charge in [0, 0.05) is 22.6 Å². The lowest BCUT2D eigenvalue weighted by Gasteiger charge is -2.33. The molecule has 1 aliphatic rings. The van der Waals surface area contributed by atoms with Gasteiger partial charge in [-0.25, -0.2) is 9.37 Å². The molecule has 0 saturated carbocycles. The number of nitrogens with zero attached hydrogens (tertiary/aromatic N) is 3. The van der Waals surface area contributed by atoms with Gasteiger partial charge in [0.2, 0.25) is 5.95 Å². The Morgan fingerprint density at radius 1 is 1.30 bits per heavy atom. The molecular weight excluding hydrogens is 384 g/mol. The molecule has 0 spiro atoms. The number of aliphatic hydroxyl groups excluding tert-OH is 1. The number of halogens is 5. The van der Waals surface area contributed by atoms with Gasteiger partial charge < -0.3 is 10.8 Å². The van der Waals surface area contributed by atoms with E-state index in [9.17, 15) is 22.7 Å². The van der Waals surface area contributed by atoms with Crippen LogP contribution in [0.25, 0.3) is 5.70 Å². The molecule has 0 bridgehead atoms. The Labute approximate surface area is 135 Å². The fourth-order valence-electron chi connectivity index (χ4n) is 2.30.